The van der Waals surface area contributed by atoms with Gasteiger partial charge in [-0.15, -0.1) is 0 Å². The summed E-state index contributed by atoms with van der Waals surface area (Å²) in [6.07, 6.45) is 2.98. The summed E-state index contributed by atoms with van der Waals surface area (Å²) in [4.78, 5) is 5.74. The molecule has 1 aromatic rings. The Balaban J connectivity index is 1.81. The van der Waals surface area contributed by atoms with Gasteiger partial charge >= 0.3 is 0 Å². The van der Waals surface area contributed by atoms with Crippen LogP contribution in [0.3, 0.4) is 0 Å². The minimum Gasteiger partial charge on any atom is -0.490 e. The number of benzene rings is 1. The van der Waals surface area contributed by atoms with Crippen LogP contribution in [0.1, 0.15) is 32.8 Å². The molecule has 1 atom stereocenters. The highest BCUT2D eigenvalue weighted by atomic mass is 16.7. The van der Waals surface area contributed by atoms with Crippen LogP contribution in [0.15, 0.2) is 24.3 Å². The minimum atomic E-state index is -0.325. The lowest BCUT2D eigenvalue weighted by Crippen LogP contribution is -2.29. The number of hydroxylamine groups is 1. The second kappa shape index (κ2) is 6.81. The smallest absolute Gasteiger partial charge is 0.161 e. The third-order valence-electron chi connectivity index (χ3n) is 3.91. The number of hydrogen-bond acceptors (Lipinski definition) is 5. The van der Waals surface area contributed by atoms with Gasteiger partial charge in [0.05, 0.1) is 25.5 Å². The highest BCUT2D eigenvalue weighted by Crippen LogP contribution is 2.36. The zero-order chi connectivity index (χ0) is 16.3. The number of rotatable bonds is 6. The Kier molecular flexibility index (Phi) is 4.78. The SMILES string of the molecule is CCOc1cc(C2=CC3(CCOC3)ON2)ccc1OCC(C)C. The van der Waals surface area contributed by atoms with Crippen LogP contribution in [0.4, 0.5) is 0 Å². The first-order valence-electron chi connectivity index (χ1n) is 8.26. The zero-order valence-corrected chi connectivity index (χ0v) is 14.1. The van der Waals surface area contributed by atoms with Crippen LogP contribution in [0, 0.1) is 5.92 Å². The first kappa shape index (κ1) is 16.1. The van der Waals surface area contributed by atoms with Crippen LogP contribution in [-0.2, 0) is 9.57 Å². The van der Waals surface area contributed by atoms with Crippen molar-refractivity contribution in [3.63, 3.8) is 0 Å². The average molecular weight is 319 g/mol. The van der Waals surface area contributed by atoms with E-state index in [1.54, 1.807) is 0 Å². The fraction of sp³-hybridized carbons (Fsp3) is 0.556. The standard InChI is InChI=1S/C18H25NO4/c1-4-21-17-9-14(5-6-16(17)22-11-13(2)3)15-10-18(23-19-15)7-8-20-12-18/h5-6,9-10,13,19H,4,7-8,11-12H2,1-3H3. The molecule has 5 heteroatoms. The Morgan fingerprint density at radius 1 is 1.26 bits per heavy atom. The lowest BCUT2D eigenvalue weighted by Gasteiger charge is -2.15. The van der Waals surface area contributed by atoms with E-state index < -0.39 is 0 Å². The molecular formula is C18H25NO4. The summed E-state index contributed by atoms with van der Waals surface area (Å²) in [5, 5.41) is 0. The lowest BCUT2D eigenvalue weighted by atomic mass is 10.0. The van der Waals surface area contributed by atoms with Crippen molar-refractivity contribution in [2.45, 2.75) is 32.8 Å². The third kappa shape index (κ3) is 3.62. The molecule has 2 aliphatic rings. The Morgan fingerprint density at radius 2 is 2.13 bits per heavy atom. The summed E-state index contributed by atoms with van der Waals surface area (Å²) in [6.45, 7) is 8.83. The molecule has 1 unspecified atom stereocenters. The van der Waals surface area contributed by atoms with Gasteiger partial charge in [0, 0.05) is 18.6 Å². The van der Waals surface area contributed by atoms with Crippen LogP contribution >= 0.6 is 0 Å². The van der Waals surface area contributed by atoms with Gasteiger partial charge in [0.25, 0.3) is 0 Å². The summed E-state index contributed by atoms with van der Waals surface area (Å²) in [7, 11) is 0. The van der Waals surface area contributed by atoms with Gasteiger partial charge in [0.15, 0.2) is 11.5 Å². The van der Waals surface area contributed by atoms with Crippen LogP contribution in [-0.4, -0.2) is 32.0 Å². The fourth-order valence-electron chi connectivity index (χ4n) is 2.70. The van der Waals surface area contributed by atoms with Crippen LogP contribution in [0.2, 0.25) is 0 Å². The third-order valence-corrected chi connectivity index (χ3v) is 3.91. The maximum atomic E-state index is 5.85. The molecule has 5 nitrogen and oxygen atoms in total. The maximum Gasteiger partial charge on any atom is 0.161 e. The molecule has 23 heavy (non-hydrogen) atoms. The summed E-state index contributed by atoms with van der Waals surface area (Å²) < 4.78 is 17.0. The van der Waals surface area contributed by atoms with E-state index in [0.717, 1.165) is 35.8 Å². The molecule has 0 saturated carbocycles. The van der Waals surface area contributed by atoms with Gasteiger partial charge in [0.1, 0.15) is 5.60 Å². The molecule has 1 saturated heterocycles. The molecule has 126 valence electrons. The summed E-state index contributed by atoms with van der Waals surface area (Å²) in [5.41, 5.74) is 4.68. The Labute approximate surface area is 137 Å². The Morgan fingerprint density at radius 3 is 2.83 bits per heavy atom. The molecule has 2 aliphatic heterocycles. The predicted octanol–water partition coefficient (Wildman–Crippen LogP) is 3.15. The predicted molar refractivity (Wildman–Crippen MR) is 88.3 cm³/mol. The molecule has 1 fully saturated rings. The molecule has 0 radical (unpaired) electrons. The van der Waals surface area contributed by atoms with E-state index in [1.807, 2.05) is 25.1 Å². The van der Waals surface area contributed by atoms with Crippen LogP contribution in [0.5, 0.6) is 11.5 Å². The van der Waals surface area contributed by atoms with E-state index in [-0.39, 0.29) is 5.60 Å². The minimum absolute atomic E-state index is 0.325. The Hall–Kier alpha value is -1.72. The maximum absolute atomic E-state index is 5.85. The summed E-state index contributed by atoms with van der Waals surface area (Å²) in [6, 6.07) is 5.98. The van der Waals surface area contributed by atoms with Crippen molar-refractivity contribution in [3.05, 3.63) is 29.8 Å². The molecule has 1 N–H and O–H groups in total. The molecule has 0 aliphatic carbocycles. The largest absolute Gasteiger partial charge is 0.490 e. The molecule has 0 amide bonds. The fourth-order valence-corrected chi connectivity index (χ4v) is 2.70. The second-order valence-corrected chi connectivity index (χ2v) is 6.43. The molecule has 3 rings (SSSR count). The van der Waals surface area contributed by atoms with Crippen molar-refractivity contribution in [2.24, 2.45) is 5.92 Å². The number of nitrogens with one attached hydrogen (secondary N) is 1. The number of ether oxygens (including phenoxy) is 3. The Bertz CT molecular complexity index is 576. The van der Waals surface area contributed by atoms with E-state index in [1.165, 1.54) is 0 Å². The van der Waals surface area contributed by atoms with Crippen molar-refractivity contribution >= 4 is 5.70 Å². The van der Waals surface area contributed by atoms with Gasteiger partial charge in [-0.05, 0) is 37.1 Å². The lowest BCUT2D eigenvalue weighted by molar-refractivity contribution is -0.0373. The normalized spacial score (nSPS) is 23.2. The second-order valence-electron chi connectivity index (χ2n) is 6.43. The van der Waals surface area contributed by atoms with E-state index >= 15 is 0 Å². The summed E-state index contributed by atoms with van der Waals surface area (Å²) in [5.74, 6) is 2.01. The monoisotopic (exact) mass is 319 g/mol. The molecule has 1 aromatic carbocycles. The van der Waals surface area contributed by atoms with Crippen LogP contribution < -0.4 is 15.0 Å². The highest BCUT2D eigenvalue weighted by molar-refractivity contribution is 5.68. The van der Waals surface area contributed by atoms with Gasteiger partial charge in [-0.2, -0.15) is 0 Å². The van der Waals surface area contributed by atoms with Gasteiger partial charge in [-0.25, -0.2) is 0 Å². The van der Waals surface area contributed by atoms with Gasteiger partial charge in [0.2, 0.25) is 0 Å². The van der Waals surface area contributed by atoms with Crippen molar-refractivity contribution in [1.82, 2.24) is 5.48 Å². The first-order chi connectivity index (χ1) is 11.1. The quantitative estimate of drug-likeness (QED) is 0.873. The van der Waals surface area contributed by atoms with Crippen LogP contribution in [0.25, 0.3) is 5.70 Å². The molecule has 2 heterocycles. The topological polar surface area (TPSA) is 49.0 Å². The average Bonchev–Trinajstić information content (AvgIpc) is 3.17. The van der Waals surface area contributed by atoms with E-state index in [4.69, 9.17) is 19.0 Å². The van der Waals surface area contributed by atoms with Gasteiger partial charge in [-0.1, -0.05) is 13.8 Å². The van der Waals surface area contributed by atoms with E-state index in [0.29, 0.717) is 25.7 Å². The van der Waals surface area contributed by atoms with Gasteiger partial charge < -0.3 is 14.2 Å². The molecular weight excluding hydrogens is 294 g/mol. The first-order valence-corrected chi connectivity index (χ1v) is 8.26. The van der Waals surface area contributed by atoms with Gasteiger partial charge in [-0.3, -0.25) is 10.3 Å². The molecule has 1 spiro atoms. The molecule has 0 bridgehead atoms. The zero-order valence-electron chi connectivity index (χ0n) is 14.1. The van der Waals surface area contributed by atoms with Crippen molar-refractivity contribution < 1.29 is 19.0 Å². The number of hydrogen-bond donors (Lipinski definition) is 1. The van der Waals surface area contributed by atoms with E-state index in [9.17, 15) is 0 Å². The summed E-state index contributed by atoms with van der Waals surface area (Å²) >= 11 is 0. The van der Waals surface area contributed by atoms with Crippen molar-refractivity contribution in [1.29, 1.82) is 0 Å². The van der Waals surface area contributed by atoms with Crippen molar-refractivity contribution in [2.75, 3.05) is 26.4 Å². The molecule has 0 aromatic heterocycles. The highest BCUT2D eigenvalue weighted by Gasteiger charge is 2.39. The van der Waals surface area contributed by atoms with E-state index in [2.05, 4.69) is 25.4 Å². The van der Waals surface area contributed by atoms with Crippen molar-refractivity contribution in [3.8, 4) is 11.5 Å².